The van der Waals surface area contributed by atoms with Crippen molar-refractivity contribution in [3.8, 4) is 11.5 Å². The van der Waals surface area contributed by atoms with Gasteiger partial charge in [-0.1, -0.05) is 6.07 Å². The van der Waals surface area contributed by atoms with Gasteiger partial charge in [0.25, 0.3) is 0 Å². The molecule has 0 bridgehead atoms. The van der Waals surface area contributed by atoms with Crippen LogP contribution in [0.1, 0.15) is 12.0 Å². The molecule has 0 atom stereocenters. The van der Waals surface area contributed by atoms with Gasteiger partial charge in [-0.3, -0.25) is 0 Å². The third-order valence-corrected chi connectivity index (χ3v) is 4.99. The summed E-state index contributed by atoms with van der Waals surface area (Å²) in [6, 6.07) is 4.03. The van der Waals surface area contributed by atoms with Crippen molar-refractivity contribution in [1.29, 1.82) is 0 Å². The van der Waals surface area contributed by atoms with Crippen LogP contribution in [0.4, 0.5) is 0 Å². The van der Waals surface area contributed by atoms with E-state index >= 15 is 0 Å². The quantitative estimate of drug-likeness (QED) is 0.576. The van der Waals surface area contributed by atoms with E-state index in [1.54, 1.807) is 14.2 Å². The molecule has 0 N–H and O–H groups in total. The van der Waals surface area contributed by atoms with E-state index in [-0.39, 0.29) is 0 Å². The Bertz CT molecular complexity index is 366. The maximum Gasteiger partial charge on any atom is 0.341 e. The van der Waals surface area contributed by atoms with Crippen LogP contribution in [-0.2, 0) is 6.42 Å². The standard InChI is InChI=1S/C11H15Cl3O2Si/c1-15-10-6-5-9(8-11(10)16-2)4-3-7-17(12,13)14/h5-6,8H,3-4,7H2,1-2H3. The molecule has 0 saturated heterocycles. The van der Waals surface area contributed by atoms with E-state index in [1.807, 2.05) is 18.2 Å². The lowest BCUT2D eigenvalue weighted by atomic mass is 10.1. The minimum atomic E-state index is -2.49. The zero-order valence-electron chi connectivity index (χ0n) is 9.80. The highest BCUT2D eigenvalue weighted by Crippen LogP contribution is 2.30. The SMILES string of the molecule is COc1ccc(CCC[Si](Cl)(Cl)Cl)cc1OC. The Morgan fingerprint density at radius 1 is 1.06 bits per heavy atom. The third-order valence-electron chi connectivity index (χ3n) is 2.37. The van der Waals surface area contributed by atoms with Crippen LogP contribution in [0.25, 0.3) is 0 Å². The van der Waals surface area contributed by atoms with Gasteiger partial charge in [-0.2, -0.15) is 0 Å². The first kappa shape index (κ1) is 15.0. The van der Waals surface area contributed by atoms with E-state index < -0.39 is 6.00 Å². The summed E-state index contributed by atoms with van der Waals surface area (Å²) in [6.07, 6.45) is 1.75. The van der Waals surface area contributed by atoms with Crippen LogP contribution in [0.15, 0.2) is 18.2 Å². The van der Waals surface area contributed by atoms with Crippen LogP contribution in [0, 0.1) is 0 Å². The lowest BCUT2D eigenvalue weighted by Gasteiger charge is -2.10. The molecule has 0 aliphatic heterocycles. The Morgan fingerprint density at radius 3 is 2.24 bits per heavy atom. The van der Waals surface area contributed by atoms with Crippen LogP contribution in [0.2, 0.25) is 6.04 Å². The maximum absolute atomic E-state index is 5.83. The summed E-state index contributed by atoms with van der Waals surface area (Å²) in [5, 5.41) is 0. The molecule has 1 aromatic carbocycles. The topological polar surface area (TPSA) is 18.5 Å². The molecule has 0 aromatic heterocycles. The number of methoxy groups -OCH3 is 2. The molecule has 6 heteroatoms. The van der Waals surface area contributed by atoms with Crippen molar-refractivity contribution >= 4 is 39.2 Å². The van der Waals surface area contributed by atoms with Crippen molar-refractivity contribution in [2.75, 3.05) is 14.2 Å². The number of benzene rings is 1. The predicted molar refractivity (Wildman–Crippen MR) is 76.0 cm³/mol. The van der Waals surface area contributed by atoms with Gasteiger partial charge in [0.1, 0.15) is 0 Å². The number of hydrogen-bond acceptors (Lipinski definition) is 2. The maximum atomic E-state index is 5.83. The van der Waals surface area contributed by atoms with Gasteiger partial charge in [0.15, 0.2) is 11.5 Å². The van der Waals surface area contributed by atoms with Crippen LogP contribution < -0.4 is 9.47 Å². The van der Waals surface area contributed by atoms with Gasteiger partial charge in [-0.15, -0.1) is 33.2 Å². The normalized spacial score (nSPS) is 11.4. The first-order valence-electron chi connectivity index (χ1n) is 5.24. The van der Waals surface area contributed by atoms with Gasteiger partial charge in [-0.05, 0) is 36.6 Å². The predicted octanol–water partition coefficient (Wildman–Crippen LogP) is 4.29. The van der Waals surface area contributed by atoms with E-state index in [4.69, 9.17) is 42.7 Å². The van der Waals surface area contributed by atoms with Gasteiger partial charge in [0.2, 0.25) is 0 Å². The minimum absolute atomic E-state index is 0.673. The molecule has 1 aromatic rings. The average Bonchev–Trinajstić information content (AvgIpc) is 2.27. The second-order valence-electron chi connectivity index (χ2n) is 3.66. The first-order chi connectivity index (χ1) is 7.96. The van der Waals surface area contributed by atoms with E-state index in [9.17, 15) is 0 Å². The lowest BCUT2D eigenvalue weighted by Crippen LogP contribution is -2.08. The number of rotatable bonds is 6. The smallest absolute Gasteiger partial charge is 0.341 e. The summed E-state index contributed by atoms with van der Waals surface area (Å²) < 4.78 is 10.4. The molecule has 0 heterocycles. The second-order valence-corrected chi connectivity index (χ2v) is 12.9. The number of ether oxygens (including phenoxy) is 2. The molecule has 0 aliphatic carbocycles. The van der Waals surface area contributed by atoms with E-state index in [2.05, 4.69) is 0 Å². The van der Waals surface area contributed by atoms with Crippen LogP contribution in [0.5, 0.6) is 11.5 Å². The second kappa shape index (κ2) is 6.74. The van der Waals surface area contributed by atoms with E-state index in [0.29, 0.717) is 6.04 Å². The first-order valence-corrected chi connectivity index (χ1v) is 10.5. The minimum Gasteiger partial charge on any atom is -0.493 e. The Hall–Kier alpha value is -0.0931. The molecule has 17 heavy (non-hydrogen) atoms. The fourth-order valence-electron chi connectivity index (χ4n) is 1.53. The van der Waals surface area contributed by atoms with Crippen molar-refractivity contribution in [2.24, 2.45) is 0 Å². The van der Waals surface area contributed by atoms with Crippen molar-refractivity contribution in [1.82, 2.24) is 0 Å². The fourth-order valence-corrected chi connectivity index (χ4v) is 3.31. The monoisotopic (exact) mass is 312 g/mol. The zero-order chi connectivity index (χ0) is 12.9. The molecule has 0 aliphatic rings. The zero-order valence-corrected chi connectivity index (χ0v) is 13.1. The molecule has 0 saturated carbocycles. The van der Waals surface area contributed by atoms with Gasteiger partial charge in [-0.25, -0.2) is 0 Å². The summed E-state index contributed by atoms with van der Waals surface area (Å²) in [7, 11) is 3.24. The van der Waals surface area contributed by atoms with E-state index in [1.165, 1.54) is 0 Å². The highest BCUT2D eigenvalue weighted by Gasteiger charge is 2.23. The summed E-state index contributed by atoms with van der Waals surface area (Å²) in [6.45, 7) is 0. The van der Waals surface area contributed by atoms with E-state index in [0.717, 1.165) is 29.9 Å². The molecule has 0 radical (unpaired) electrons. The Kier molecular flexibility index (Phi) is 5.93. The Morgan fingerprint density at radius 2 is 1.71 bits per heavy atom. The van der Waals surface area contributed by atoms with Crippen LogP contribution in [0.3, 0.4) is 0 Å². The third kappa shape index (κ3) is 5.38. The van der Waals surface area contributed by atoms with Gasteiger partial charge < -0.3 is 9.47 Å². The summed E-state index contributed by atoms with van der Waals surface area (Å²) in [5.74, 6) is 1.46. The van der Waals surface area contributed by atoms with Gasteiger partial charge in [0, 0.05) is 0 Å². The Labute approximate surface area is 117 Å². The van der Waals surface area contributed by atoms with Crippen molar-refractivity contribution in [2.45, 2.75) is 18.9 Å². The molecule has 0 unspecified atom stereocenters. The summed E-state index contributed by atoms with van der Waals surface area (Å²) in [4.78, 5) is 0. The molecular formula is C11H15Cl3O2Si. The highest BCUT2D eigenvalue weighted by molar-refractivity contribution is 7.64. The Balaban J connectivity index is 2.60. The van der Waals surface area contributed by atoms with Gasteiger partial charge in [0.05, 0.1) is 14.2 Å². The largest absolute Gasteiger partial charge is 0.493 e. The molecule has 96 valence electrons. The van der Waals surface area contributed by atoms with Crippen LogP contribution >= 0.6 is 33.2 Å². The number of halogens is 3. The molecule has 1 rings (SSSR count). The molecule has 0 fully saturated rings. The number of hydrogen-bond donors (Lipinski definition) is 0. The van der Waals surface area contributed by atoms with Gasteiger partial charge >= 0.3 is 6.00 Å². The van der Waals surface area contributed by atoms with Crippen molar-refractivity contribution in [3.05, 3.63) is 23.8 Å². The summed E-state index contributed by atoms with van der Waals surface area (Å²) >= 11 is 17.5. The molecule has 0 amide bonds. The fraction of sp³-hybridized carbons (Fsp3) is 0.455. The highest BCUT2D eigenvalue weighted by atomic mass is 35.8. The summed E-state index contributed by atoms with van der Waals surface area (Å²) in [5.41, 5.74) is 1.16. The van der Waals surface area contributed by atoms with Crippen molar-refractivity contribution in [3.63, 3.8) is 0 Å². The molecular weight excluding hydrogens is 299 g/mol. The van der Waals surface area contributed by atoms with Crippen molar-refractivity contribution < 1.29 is 9.47 Å². The average molecular weight is 314 g/mol. The lowest BCUT2D eigenvalue weighted by molar-refractivity contribution is 0.354. The molecule has 0 spiro atoms. The number of aryl methyl sites for hydroxylation is 1. The molecule has 2 nitrogen and oxygen atoms in total. The van der Waals surface area contributed by atoms with Crippen LogP contribution in [-0.4, -0.2) is 20.2 Å².